The maximum Gasteiger partial charge on any atom is 0.263 e. The van der Waals surface area contributed by atoms with E-state index in [0.29, 0.717) is 28.8 Å². The molecule has 2 aliphatic heterocycles. The molecule has 3 rings (SSSR count). The van der Waals surface area contributed by atoms with Gasteiger partial charge in [0.25, 0.3) is 10.0 Å². The van der Waals surface area contributed by atoms with Gasteiger partial charge in [-0.1, -0.05) is 12.1 Å². The van der Waals surface area contributed by atoms with Crippen molar-refractivity contribution in [3.63, 3.8) is 0 Å². The second-order valence-corrected chi connectivity index (χ2v) is 6.65. The second-order valence-electron chi connectivity index (χ2n) is 5.00. The summed E-state index contributed by atoms with van der Waals surface area (Å²) in [5, 5.41) is 3.34. The van der Waals surface area contributed by atoms with Crippen molar-refractivity contribution in [3.8, 4) is 0 Å². The third-order valence-corrected chi connectivity index (χ3v) is 4.97. The van der Waals surface area contributed by atoms with E-state index in [-0.39, 0.29) is 12.4 Å². The summed E-state index contributed by atoms with van der Waals surface area (Å²) >= 11 is 0. The van der Waals surface area contributed by atoms with Crippen LogP contribution in [0.4, 0.5) is 0 Å². The van der Waals surface area contributed by atoms with Crippen LogP contribution in [-0.2, 0) is 10.0 Å². The van der Waals surface area contributed by atoms with Crippen LogP contribution in [0.15, 0.2) is 34.2 Å². The van der Waals surface area contributed by atoms with Gasteiger partial charge in [0.2, 0.25) is 0 Å². The highest BCUT2D eigenvalue weighted by atomic mass is 35.5. The molecule has 5 nitrogen and oxygen atoms in total. The highest BCUT2D eigenvalue weighted by Gasteiger charge is 2.30. The predicted molar refractivity (Wildman–Crippen MR) is 81.0 cm³/mol. The monoisotopic (exact) mass is 315 g/mol. The van der Waals surface area contributed by atoms with E-state index >= 15 is 0 Å². The van der Waals surface area contributed by atoms with Crippen LogP contribution >= 0.6 is 12.4 Å². The lowest BCUT2D eigenvalue weighted by molar-refractivity contribution is 0.386. The SMILES string of the molecule is Cl.O=S1(=O)NC(=NCC2CCCNC2)c2ccccc21. The van der Waals surface area contributed by atoms with E-state index in [1.54, 1.807) is 18.2 Å². The molecule has 0 spiro atoms. The Morgan fingerprint density at radius 1 is 1.30 bits per heavy atom. The largest absolute Gasteiger partial charge is 0.316 e. The van der Waals surface area contributed by atoms with Gasteiger partial charge in [0.05, 0.1) is 4.90 Å². The first-order valence-electron chi connectivity index (χ1n) is 6.54. The summed E-state index contributed by atoms with van der Waals surface area (Å²) in [5.74, 6) is 0.986. The zero-order valence-corrected chi connectivity index (χ0v) is 12.6. The number of rotatable bonds is 2. The number of hydrogen-bond donors (Lipinski definition) is 2. The minimum atomic E-state index is -3.40. The summed E-state index contributed by atoms with van der Waals surface area (Å²) in [6, 6.07) is 6.97. The molecule has 0 aliphatic carbocycles. The van der Waals surface area contributed by atoms with Gasteiger partial charge in [-0.3, -0.25) is 9.71 Å². The van der Waals surface area contributed by atoms with Crippen LogP contribution in [-0.4, -0.2) is 33.9 Å². The van der Waals surface area contributed by atoms with Crippen LogP contribution in [0.25, 0.3) is 0 Å². The fourth-order valence-corrected chi connectivity index (χ4v) is 3.80. The van der Waals surface area contributed by atoms with Crippen molar-refractivity contribution >= 4 is 28.3 Å². The van der Waals surface area contributed by atoms with Crippen molar-refractivity contribution < 1.29 is 8.42 Å². The zero-order chi connectivity index (χ0) is 13.3. The number of fused-ring (bicyclic) bond motifs is 1. The van der Waals surface area contributed by atoms with Crippen LogP contribution in [0.1, 0.15) is 18.4 Å². The van der Waals surface area contributed by atoms with Crippen molar-refractivity contribution in [1.82, 2.24) is 10.0 Å². The van der Waals surface area contributed by atoms with E-state index in [2.05, 4.69) is 15.0 Å². The fourth-order valence-electron chi connectivity index (χ4n) is 2.55. The summed E-state index contributed by atoms with van der Waals surface area (Å²) in [6.07, 6.45) is 2.32. The maximum absolute atomic E-state index is 11.9. The summed E-state index contributed by atoms with van der Waals surface area (Å²) < 4.78 is 26.4. The van der Waals surface area contributed by atoms with E-state index in [0.717, 1.165) is 25.9 Å². The van der Waals surface area contributed by atoms with Crippen molar-refractivity contribution in [2.24, 2.45) is 10.9 Å². The molecular weight excluding hydrogens is 298 g/mol. The quantitative estimate of drug-likeness (QED) is 0.860. The van der Waals surface area contributed by atoms with Crippen LogP contribution in [0.5, 0.6) is 0 Å². The number of aliphatic imine (C=N–C) groups is 1. The number of benzene rings is 1. The van der Waals surface area contributed by atoms with Crippen LogP contribution < -0.4 is 10.0 Å². The third-order valence-electron chi connectivity index (χ3n) is 3.57. The molecular formula is C13H18ClN3O2S. The zero-order valence-electron chi connectivity index (χ0n) is 11.0. The van der Waals surface area contributed by atoms with Crippen molar-refractivity contribution in [3.05, 3.63) is 29.8 Å². The number of nitrogens with one attached hydrogen (secondary N) is 2. The Balaban J connectivity index is 0.00000147. The molecule has 7 heteroatoms. The van der Waals surface area contributed by atoms with E-state index in [9.17, 15) is 8.42 Å². The molecule has 20 heavy (non-hydrogen) atoms. The Bertz CT molecular complexity index is 610. The standard InChI is InChI=1S/C13H17N3O2S.ClH/c17-19(18)12-6-2-1-5-11(12)13(16-19)15-9-10-4-3-7-14-8-10;/h1-2,5-6,10,14H,3-4,7-9H2,(H,15,16);1H. The van der Waals surface area contributed by atoms with Crippen LogP contribution in [0.2, 0.25) is 0 Å². The Hall–Kier alpha value is -1.11. The average Bonchev–Trinajstić information content (AvgIpc) is 2.70. The number of amidine groups is 1. The number of sulfonamides is 1. The summed E-state index contributed by atoms with van der Waals surface area (Å²) in [4.78, 5) is 4.80. The van der Waals surface area contributed by atoms with E-state index in [4.69, 9.17) is 0 Å². The first-order valence-corrected chi connectivity index (χ1v) is 8.02. The van der Waals surface area contributed by atoms with Crippen molar-refractivity contribution in [1.29, 1.82) is 0 Å². The topological polar surface area (TPSA) is 70.6 Å². The molecule has 0 aromatic heterocycles. The Morgan fingerprint density at radius 2 is 2.10 bits per heavy atom. The molecule has 2 N–H and O–H groups in total. The molecule has 0 saturated carbocycles. The Morgan fingerprint density at radius 3 is 2.85 bits per heavy atom. The van der Waals surface area contributed by atoms with Crippen molar-refractivity contribution in [2.45, 2.75) is 17.7 Å². The number of nitrogens with zero attached hydrogens (tertiary/aromatic N) is 1. The molecule has 1 unspecified atom stereocenters. The van der Waals surface area contributed by atoms with E-state index in [1.165, 1.54) is 0 Å². The van der Waals surface area contributed by atoms with Gasteiger partial charge in [-0.05, 0) is 44.0 Å². The van der Waals surface area contributed by atoms with Crippen LogP contribution in [0.3, 0.4) is 0 Å². The molecule has 2 aliphatic rings. The second kappa shape index (κ2) is 6.11. The first kappa shape index (κ1) is 15.3. The molecule has 2 heterocycles. The van der Waals surface area contributed by atoms with E-state index in [1.807, 2.05) is 6.07 Å². The molecule has 1 atom stereocenters. The molecule has 110 valence electrons. The number of halogens is 1. The van der Waals surface area contributed by atoms with Gasteiger partial charge in [0.1, 0.15) is 5.84 Å². The lowest BCUT2D eigenvalue weighted by Gasteiger charge is -2.20. The maximum atomic E-state index is 11.9. The predicted octanol–water partition coefficient (Wildman–Crippen LogP) is 1.15. The lowest BCUT2D eigenvalue weighted by atomic mass is 10.00. The molecule has 1 aromatic rings. The lowest BCUT2D eigenvalue weighted by Crippen LogP contribution is -2.32. The van der Waals surface area contributed by atoms with E-state index < -0.39 is 10.0 Å². The molecule has 1 aromatic carbocycles. The normalized spacial score (nSPS) is 25.6. The molecule has 0 amide bonds. The van der Waals surface area contributed by atoms with Crippen LogP contribution in [0, 0.1) is 5.92 Å². The summed E-state index contributed by atoms with van der Waals surface area (Å²) in [6.45, 7) is 2.70. The molecule has 0 radical (unpaired) electrons. The van der Waals surface area contributed by atoms with Gasteiger partial charge in [0.15, 0.2) is 0 Å². The Labute approximate surface area is 125 Å². The highest BCUT2D eigenvalue weighted by Crippen LogP contribution is 2.22. The summed E-state index contributed by atoms with van der Waals surface area (Å²) in [5.41, 5.74) is 0.686. The van der Waals surface area contributed by atoms with Gasteiger partial charge in [0, 0.05) is 12.1 Å². The number of piperidine rings is 1. The molecule has 1 saturated heterocycles. The van der Waals surface area contributed by atoms with Gasteiger partial charge >= 0.3 is 0 Å². The third kappa shape index (κ3) is 2.97. The minimum absolute atomic E-state index is 0. The summed E-state index contributed by atoms with van der Waals surface area (Å²) in [7, 11) is -3.40. The molecule has 0 bridgehead atoms. The molecule has 1 fully saturated rings. The highest BCUT2D eigenvalue weighted by molar-refractivity contribution is 7.90. The van der Waals surface area contributed by atoms with Crippen molar-refractivity contribution in [2.75, 3.05) is 19.6 Å². The first-order chi connectivity index (χ1) is 9.17. The van der Waals surface area contributed by atoms with Gasteiger partial charge < -0.3 is 5.32 Å². The van der Waals surface area contributed by atoms with Gasteiger partial charge in [-0.25, -0.2) is 8.42 Å². The van der Waals surface area contributed by atoms with Gasteiger partial charge in [-0.2, -0.15) is 0 Å². The smallest absolute Gasteiger partial charge is 0.263 e. The van der Waals surface area contributed by atoms with Gasteiger partial charge in [-0.15, -0.1) is 12.4 Å². The Kier molecular flexibility index (Phi) is 4.67. The minimum Gasteiger partial charge on any atom is -0.316 e. The fraction of sp³-hybridized carbons (Fsp3) is 0.462. The average molecular weight is 316 g/mol. The number of hydrogen-bond acceptors (Lipinski definition) is 4.